The zero-order valence-electron chi connectivity index (χ0n) is 12.8. The molecule has 1 aromatic heterocycles. The number of aromatic amines is 1. The molecule has 0 bridgehead atoms. The number of non-ortho nitro benzene ring substituents is 1. The molecule has 0 radical (unpaired) electrons. The van der Waals surface area contributed by atoms with Gasteiger partial charge in [0.1, 0.15) is 0 Å². The molecule has 24 heavy (non-hydrogen) atoms. The average molecular weight is 342 g/mol. The molecule has 3 rings (SSSR count). The number of carbonyl (C=O) groups is 1. The van der Waals surface area contributed by atoms with Crippen LogP contribution in [0, 0.1) is 17.0 Å². The van der Waals surface area contributed by atoms with Gasteiger partial charge in [0.25, 0.3) is 5.69 Å². The minimum Gasteiger partial charge on any atom is -0.333 e. The first-order chi connectivity index (χ1) is 11.5. The number of nitro groups is 1. The van der Waals surface area contributed by atoms with Crippen LogP contribution >= 0.6 is 11.8 Å². The van der Waals surface area contributed by atoms with Gasteiger partial charge in [-0.25, -0.2) is 4.98 Å². The summed E-state index contributed by atoms with van der Waals surface area (Å²) in [6.07, 6.45) is 0. The number of rotatable bonds is 5. The van der Waals surface area contributed by atoms with Gasteiger partial charge in [-0.15, -0.1) is 0 Å². The fourth-order valence-corrected chi connectivity index (χ4v) is 2.81. The zero-order valence-corrected chi connectivity index (χ0v) is 13.6. The van der Waals surface area contributed by atoms with Crippen LogP contribution in [0.4, 0.5) is 11.4 Å². The third-order valence-electron chi connectivity index (χ3n) is 3.33. The number of anilines is 1. The number of aromatic nitrogens is 2. The van der Waals surface area contributed by atoms with E-state index < -0.39 is 4.92 Å². The molecule has 8 heteroatoms. The first kappa shape index (κ1) is 16.0. The first-order valence-corrected chi connectivity index (χ1v) is 8.13. The van der Waals surface area contributed by atoms with Crippen LogP contribution in [0.5, 0.6) is 0 Å². The largest absolute Gasteiger partial charge is 0.333 e. The highest BCUT2D eigenvalue weighted by Crippen LogP contribution is 2.23. The Morgan fingerprint density at radius 2 is 2.04 bits per heavy atom. The third kappa shape index (κ3) is 3.72. The molecule has 0 aliphatic heterocycles. The number of nitrogens with zero attached hydrogens (tertiary/aromatic N) is 2. The quantitative estimate of drug-likeness (QED) is 0.420. The second kappa shape index (κ2) is 6.71. The first-order valence-electron chi connectivity index (χ1n) is 7.15. The Morgan fingerprint density at radius 3 is 2.75 bits per heavy atom. The molecule has 0 unspecified atom stereocenters. The number of benzene rings is 2. The lowest BCUT2D eigenvalue weighted by Crippen LogP contribution is -2.14. The highest BCUT2D eigenvalue weighted by Gasteiger charge is 2.11. The fraction of sp³-hybridized carbons (Fsp3) is 0.125. The maximum Gasteiger partial charge on any atom is 0.271 e. The number of H-pyrrole nitrogens is 1. The summed E-state index contributed by atoms with van der Waals surface area (Å²) < 4.78 is 0. The van der Waals surface area contributed by atoms with E-state index in [1.165, 1.54) is 23.9 Å². The fourth-order valence-electron chi connectivity index (χ4n) is 2.12. The smallest absolute Gasteiger partial charge is 0.271 e. The summed E-state index contributed by atoms with van der Waals surface area (Å²) in [6, 6.07) is 12.0. The van der Waals surface area contributed by atoms with Crippen LogP contribution in [0.25, 0.3) is 11.0 Å². The van der Waals surface area contributed by atoms with E-state index in [9.17, 15) is 14.9 Å². The van der Waals surface area contributed by atoms with Gasteiger partial charge >= 0.3 is 0 Å². The molecule has 0 atom stereocenters. The minimum absolute atomic E-state index is 0.000172. The molecule has 7 nitrogen and oxygen atoms in total. The van der Waals surface area contributed by atoms with Crippen molar-refractivity contribution >= 4 is 40.1 Å². The lowest BCUT2D eigenvalue weighted by molar-refractivity contribution is -0.384. The highest BCUT2D eigenvalue weighted by molar-refractivity contribution is 7.99. The van der Waals surface area contributed by atoms with Crippen molar-refractivity contribution in [3.8, 4) is 0 Å². The van der Waals surface area contributed by atoms with Crippen molar-refractivity contribution in [3.05, 3.63) is 58.1 Å². The van der Waals surface area contributed by atoms with Crippen LogP contribution in [0.2, 0.25) is 0 Å². The van der Waals surface area contributed by atoms with E-state index in [4.69, 9.17) is 0 Å². The number of hydrogen-bond donors (Lipinski definition) is 2. The molecule has 122 valence electrons. The number of hydrogen-bond acceptors (Lipinski definition) is 5. The molecule has 2 aromatic carbocycles. The van der Waals surface area contributed by atoms with E-state index in [1.54, 1.807) is 6.07 Å². The molecular formula is C16H14N4O3S. The number of imidazole rings is 1. The summed E-state index contributed by atoms with van der Waals surface area (Å²) >= 11 is 1.24. The number of carbonyl (C=O) groups excluding carboxylic acids is 1. The Bertz CT molecular complexity index is 905. The van der Waals surface area contributed by atoms with Gasteiger partial charge in [-0.3, -0.25) is 14.9 Å². The van der Waals surface area contributed by atoms with E-state index >= 15 is 0 Å². The number of amides is 1. The second-order valence-corrected chi connectivity index (χ2v) is 6.17. The maximum atomic E-state index is 12.0. The Kier molecular flexibility index (Phi) is 4.48. The van der Waals surface area contributed by atoms with Crippen LogP contribution in [0.3, 0.4) is 0 Å². The molecule has 0 spiro atoms. The van der Waals surface area contributed by atoms with E-state index in [0.717, 1.165) is 11.3 Å². The number of nitrogens with one attached hydrogen (secondary N) is 2. The van der Waals surface area contributed by atoms with E-state index in [-0.39, 0.29) is 17.3 Å². The normalized spacial score (nSPS) is 10.7. The SMILES string of the molecule is Cc1ccc(NC(=O)CSc2nc3ccc([N+](=O)[O-])cc3[nH]2)cc1. The molecular weight excluding hydrogens is 328 g/mol. The topological polar surface area (TPSA) is 101 Å². The van der Waals surface area contributed by atoms with Gasteiger partial charge in [0, 0.05) is 17.8 Å². The molecule has 0 aliphatic rings. The standard InChI is InChI=1S/C16H14N4O3S/c1-10-2-4-11(5-3-10)17-15(21)9-24-16-18-13-7-6-12(20(22)23)8-14(13)19-16/h2-8H,9H2,1H3,(H,17,21)(H,18,19). The van der Waals surface area contributed by atoms with Crippen LogP contribution in [0.1, 0.15) is 5.56 Å². The summed E-state index contributed by atoms with van der Waals surface area (Å²) in [6.45, 7) is 1.98. The van der Waals surface area contributed by atoms with Gasteiger partial charge in [0.15, 0.2) is 5.16 Å². The Morgan fingerprint density at radius 1 is 1.29 bits per heavy atom. The molecule has 1 heterocycles. The molecule has 0 fully saturated rings. The second-order valence-electron chi connectivity index (χ2n) is 5.20. The van der Waals surface area contributed by atoms with Gasteiger partial charge < -0.3 is 10.3 Å². The monoisotopic (exact) mass is 342 g/mol. The zero-order chi connectivity index (χ0) is 17.1. The van der Waals surface area contributed by atoms with Crippen molar-refractivity contribution in [1.82, 2.24) is 9.97 Å². The van der Waals surface area contributed by atoms with Crippen LogP contribution in [-0.4, -0.2) is 26.6 Å². The predicted molar refractivity (Wildman–Crippen MR) is 93.3 cm³/mol. The van der Waals surface area contributed by atoms with Crippen molar-refractivity contribution in [3.63, 3.8) is 0 Å². The van der Waals surface area contributed by atoms with Crippen molar-refractivity contribution in [2.75, 3.05) is 11.1 Å². The van der Waals surface area contributed by atoms with Crippen molar-refractivity contribution < 1.29 is 9.72 Å². The average Bonchev–Trinajstić information content (AvgIpc) is 2.97. The van der Waals surface area contributed by atoms with E-state index in [1.807, 2.05) is 31.2 Å². The number of aryl methyl sites for hydroxylation is 1. The summed E-state index contributed by atoms with van der Waals surface area (Å²) in [5.41, 5.74) is 3.07. The van der Waals surface area contributed by atoms with Crippen LogP contribution < -0.4 is 5.32 Å². The van der Waals surface area contributed by atoms with Crippen molar-refractivity contribution in [1.29, 1.82) is 0 Å². The molecule has 0 aliphatic carbocycles. The van der Waals surface area contributed by atoms with Gasteiger partial charge in [0.05, 0.1) is 21.7 Å². The van der Waals surface area contributed by atoms with Gasteiger partial charge in [0.2, 0.25) is 5.91 Å². The summed E-state index contributed by atoms with van der Waals surface area (Å²) in [5, 5.41) is 14.1. The van der Waals surface area contributed by atoms with Gasteiger partial charge in [-0.1, -0.05) is 29.5 Å². The van der Waals surface area contributed by atoms with Crippen LogP contribution in [-0.2, 0) is 4.79 Å². The lowest BCUT2D eigenvalue weighted by atomic mass is 10.2. The van der Waals surface area contributed by atoms with Crippen molar-refractivity contribution in [2.24, 2.45) is 0 Å². The molecule has 2 N–H and O–H groups in total. The summed E-state index contributed by atoms with van der Waals surface area (Å²) in [4.78, 5) is 29.6. The Hall–Kier alpha value is -2.87. The van der Waals surface area contributed by atoms with E-state index in [0.29, 0.717) is 16.2 Å². The maximum absolute atomic E-state index is 12.0. The molecule has 0 saturated carbocycles. The van der Waals surface area contributed by atoms with E-state index in [2.05, 4.69) is 15.3 Å². The number of nitro benzene ring substituents is 1. The Labute approximate surface area is 141 Å². The number of fused-ring (bicyclic) bond motifs is 1. The summed E-state index contributed by atoms with van der Waals surface area (Å²) in [7, 11) is 0. The number of thioether (sulfide) groups is 1. The molecule has 0 saturated heterocycles. The molecule has 1 amide bonds. The third-order valence-corrected chi connectivity index (χ3v) is 4.20. The van der Waals surface area contributed by atoms with Gasteiger partial charge in [-0.05, 0) is 25.1 Å². The Balaban J connectivity index is 1.63. The predicted octanol–water partition coefficient (Wildman–Crippen LogP) is 3.51. The van der Waals surface area contributed by atoms with Crippen LogP contribution in [0.15, 0.2) is 47.6 Å². The summed E-state index contributed by atoms with van der Waals surface area (Å²) in [5.74, 6) is 0.0470. The van der Waals surface area contributed by atoms with Crippen molar-refractivity contribution in [2.45, 2.75) is 12.1 Å². The highest BCUT2D eigenvalue weighted by atomic mass is 32.2. The molecule has 3 aromatic rings. The minimum atomic E-state index is -0.456. The van der Waals surface area contributed by atoms with Gasteiger partial charge in [-0.2, -0.15) is 0 Å². The lowest BCUT2D eigenvalue weighted by Gasteiger charge is -2.04.